The number of ether oxygens (including phenoxy) is 1. The van der Waals surface area contributed by atoms with E-state index in [0.717, 1.165) is 12.0 Å². The zero-order valence-electron chi connectivity index (χ0n) is 20.2. The third-order valence-electron chi connectivity index (χ3n) is 5.82. The molecule has 3 aromatic carbocycles. The SMILES string of the molecule is CC[C@@H](C)NC(=O)[C@H](Cc1ccccc1)N(Cc1ccc(Cl)cc1Cl)C(=O)COc1ccccc1F. The first kappa shape index (κ1) is 27.5. The third kappa shape index (κ3) is 7.70. The van der Waals surface area contributed by atoms with Gasteiger partial charge in [0.15, 0.2) is 18.2 Å². The quantitative estimate of drug-likeness (QED) is 0.327. The molecular formula is C28H29Cl2FN2O3. The lowest BCUT2D eigenvalue weighted by atomic mass is 10.0. The van der Waals surface area contributed by atoms with Crippen LogP contribution in [0.4, 0.5) is 4.39 Å². The number of carbonyl (C=O) groups excluding carboxylic acids is 2. The average molecular weight is 531 g/mol. The summed E-state index contributed by atoms with van der Waals surface area (Å²) in [6.45, 7) is 3.46. The molecule has 3 rings (SSSR count). The number of nitrogens with one attached hydrogen (secondary N) is 1. The fraction of sp³-hybridized carbons (Fsp3) is 0.286. The van der Waals surface area contributed by atoms with Gasteiger partial charge in [-0.1, -0.05) is 78.7 Å². The Labute approximate surface area is 221 Å². The number of halogens is 3. The van der Waals surface area contributed by atoms with Gasteiger partial charge in [-0.2, -0.15) is 0 Å². The van der Waals surface area contributed by atoms with Gasteiger partial charge in [-0.15, -0.1) is 0 Å². The zero-order chi connectivity index (χ0) is 26.1. The minimum atomic E-state index is -0.857. The summed E-state index contributed by atoms with van der Waals surface area (Å²) in [6.07, 6.45) is 1.01. The topological polar surface area (TPSA) is 58.6 Å². The summed E-state index contributed by atoms with van der Waals surface area (Å²) in [6, 6.07) is 19.3. The number of amides is 2. The molecule has 2 atom stereocenters. The van der Waals surface area contributed by atoms with Crippen LogP contribution in [0.3, 0.4) is 0 Å². The van der Waals surface area contributed by atoms with Gasteiger partial charge in [0, 0.05) is 29.1 Å². The maximum atomic E-state index is 14.1. The molecule has 0 aliphatic heterocycles. The highest BCUT2D eigenvalue weighted by atomic mass is 35.5. The van der Waals surface area contributed by atoms with Crippen molar-refractivity contribution in [1.82, 2.24) is 10.2 Å². The molecular weight excluding hydrogens is 502 g/mol. The number of carbonyl (C=O) groups is 2. The van der Waals surface area contributed by atoms with E-state index >= 15 is 0 Å². The maximum Gasteiger partial charge on any atom is 0.261 e. The summed E-state index contributed by atoms with van der Waals surface area (Å²) in [5.41, 5.74) is 1.51. The summed E-state index contributed by atoms with van der Waals surface area (Å²) >= 11 is 12.5. The van der Waals surface area contributed by atoms with E-state index in [9.17, 15) is 14.0 Å². The maximum absolute atomic E-state index is 14.1. The van der Waals surface area contributed by atoms with Gasteiger partial charge in [0.1, 0.15) is 6.04 Å². The molecule has 8 heteroatoms. The van der Waals surface area contributed by atoms with E-state index in [1.807, 2.05) is 44.2 Å². The van der Waals surface area contributed by atoms with Crippen molar-refractivity contribution in [3.05, 3.63) is 99.8 Å². The van der Waals surface area contributed by atoms with Gasteiger partial charge in [-0.25, -0.2) is 4.39 Å². The van der Waals surface area contributed by atoms with E-state index in [-0.39, 0.29) is 30.7 Å². The Kier molecular flexibility index (Phi) is 10.1. The van der Waals surface area contributed by atoms with Crippen LogP contribution in [0.5, 0.6) is 5.75 Å². The van der Waals surface area contributed by atoms with Crippen LogP contribution in [-0.2, 0) is 22.6 Å². The molecule has 0 unspecified atom stereocenters. The second kappa shape index (κ2) is 13.3. The lowest BCUT2D eigenvalue weighted by Crippen LogP contribution is -2.53. The van der Waals surface area contributed by atoms with E-state index in [2.05, 4.69) is 5.32 Å². The van der Waals surface area contributed by atoms with Crippen molar-refractivity contribution in [2.75, 3.05) is 6.61 Å². The van der Waals surface area contributed by atoms with Crippen molar-refractivity contribution in [2.24, 2.45) is 0 Å². The van der Waals surface area contributed by atoms with Crippen LogP contribution >= 0.6 is 23.2 Å². The Morgan fingerprint density at radius 3 is 2.39 bits per heavy atom. The van der Waals surface area contributed by atoms with E-state index < -0.39 is 24.4 Å². The molecule has 5 nitrogen and oxygen atoms in total. The van der Waals surface area contributed by atoms with Crippen LogP contribution in [0.1, 0.15) is 31.4 Å². The number of para-hydroxylation sites is 1. The lowest BCUT2D eigenvalue weighted by Gasteiger charge is -2.32. The van der Waals surface area contributed by atoms with Crippen LogP contribution in [0, 0.1) is 5.82 Å². The molecule has 3 aromatic rings. The Bertz CT molecular complexity index is 1180. The van der Waals surface area contributed by atoms with Gasteiger partial charge >= 0.3 is 0 Å². The third-order valence-corrected chi connectivity index (χ3v) is 6.40. The molecule has 0 heterocycles. The number of hydrogen-bond donors (Lipinski definition) is 1. The first-order valence-corrected chi connectivity index (χ1v) is 12.5. The standard InChI is InChI=1S/C28H29Cl2FN2O3/c1-3-19(2)32-28(35)25(15-20-9-5-4-6-10-20)33(17-21-13-14-22(29)16-23(21)30)27(34)18-36-26-12-8-7-11-24(26)31/h4-14,16,19,25H,3,15,17-18H2,1-2H3,(H,32,35)/t19-,25+/m1/s1. The summed E-state index contributed by atoms with van der Waals surface area (Å²) in [5.74, 6) is -1.39. The smallest absolute Gasteiger partial charge is 0.261 e. The van der Waals surface area contributed by atoms with Crippen molar-refractivity contribution in [1.29, 1.82) is 0 Å². The normalized spacial score (nSPS) is 12.5. The number of rotatable bonds is 11. The fourth-order valence-corrected chi connectivity index (χ4v) is 4.08. The van der Waals surface area contributed by atoms with E-state index in [1.165, 1.54) is 23.1 Å². The molecule has 0 bridgehead atoms. The molecule has 2 amide bonds. The second-order valence-electron chi connectivity index (χ2n) is 8.50. The van der Waals surface area contributed by atoms with Crippen LogP contribution in [-0.4, -0.2) is 35.4 Å². The molecule has 0 saturated heterocycles. The van der Waals surface area contributed by atoms with Crippen molar-refractivity contribution in [2.45, 2.75) is 45.3 Å². The van der Waals surface area contributed by atoms with Crippen molar-refractivity contribution in [3.63, 3.8) is 0 Å². The second-order valence-corrected chi connectivity index (χ2v) is 9.34. The predicted octanol–water partition coefficient (Wildman–Crippen LogP) is 6.07. The molecule has 0 fully saturated rings. The van der Waals surface area contributed by atoms with E-state index in [1.54, 1.807) is 24.3 Å². The Morgan fingerprint density at radius 1 is 1.03 bits per heavy atom. The highest BCUT2D eigenvalue weighted by molar-refractivity contribution is 6.35. The van der Waals surface area contributed by atoms with Crippen LogP contribution in [0.15, 0.2) is 72.8 Å². The highest BCUT2D eigenvalue weighted by Gasteiger charge is 2.31. The lowest BCUT2D eigenvalue weighted by molar-refractivity contribution is -0.143. The van der Waals surface area contributed by atoms with Gasteiger partial charge < -0.3 is 15.0 Å². The molecule has 1 N–H and O–H groups in total. The monoisotopic (exact) mass is 530 g/mol. The highest BCUT2D eigenvalue weighted by Crippen LogP contribution is 2.24. The van der Waals surface area contributed by atoms with Crippen LogP contribution in [0.25, 0.3) is 0 Å². The van der Waals surface area contributed by atoms with Gasteiger partial charge in [-0.05, 0) is 48.7 Å². The van der Waals surface area contributed by atoms with Gasteiger partial charge in [0.05, 0.1) is 0 Å². The van der Waals surface area contributed by atoms with Gasteiger partial charge in [0.2, 0.25) is 5.91 Å². The number of hydrogen-bond acceptors (Lipinski definition) is 3. The molecule has 0 aromatic heterocycles. The largest absolute Gasteiger partial charge is 0.481 e. The molecule has 0 spiro atoms. The minimum Gasteiger partial charge on any atom is -0.481 e. The molecule has 0 saturated carbocycles. The fourth-order valence-electron chi connectivity index (χ4n) is 3.61. The van der Waals surface area contributed by atoms with E-state index in [0.29, 0.717) is 15.6 Å². The summed E-state index contributed by atoms with van der Waals surface area (Å²) in [4.78, 5) is 28.4. The molecule has 0 aliphatic carbocycles. The molecule has 0 aliphatic rings. The number of nitrogens with zero attached hydrogens (tertiary/aromatic N) is 1. The Balaban J connectivity index is 1.95. The van der Waals surface area contributed by atoms with Crippen LogP contribution in [0.2, 0.25) is 10.0 Å². The summed E-state index contributed by atoms with van der Waals surface area (Å²) < 4.78 is 19.6. The first-order valence-electron chi connectivity index (χ1n) is 11.7. The number of benzene rings is 3. The Hall–Kier alpha value is -3.09. The van der Waals surface area contributed by atoms with Crippen molar-refractivity contribution >= 4 is 35.0 Å². The predicted molar refractivity (Wildman–Crippen MR) is 141 cm³/mol. The van der Waals surface area contributed by atoms with Crippen LogP contribution < -0.4 is 10.1 Å². The van der Waals surface area contributed by atoms with Gasteiger partial charge in [0.25, 0.3) is 5.91 Å². The summed E-state index contributed by atoms with van der Waals surface area (Å²) in [5, 5.41) is 3.82. The zero-order valence-corrected chi connectivity index (χ0v) is 21.7. The molecule has 190 valence electrons. The molecule has 0 radical (unpaired) electrons. The first-order chi connectivity index (χ1) is 17.3. The van der Waals surface area contributed by atoms with Crippen molar-refractivity contribution < 1.29 is 18.7 Å². The summed E-state index contributed by atoms with van der Waals surface area (Å²) in [7, 11) is 0. The average Bonchev–Trinajstić information content (AvgIpc) is 2.87. The Morgan fingerprint density at radius 2 is 1.72 bits per heavy atom. The van der Waals surface area contributed by atoms with Crippen molar-refractivity contribution in [3.8, 4) is 5.75 Å². The molecule has 36 heavy (non-hydrogen) atoms. The van der Waals surface area contributed by atoms with Gasteiger partial charge in [-0.3, -0.25) is 9.59 Å². The van der Waals surface area contributed by atoms with E-state index in [4.69, 9.17) is 27.9 Å². The minimum absolute atomic E-state index is 0.0426.